The molecule has 1 nitrogen and oxygen atoms in total. The minimum Gasteiger partial charge on any atom is -0.309 e. The molecule has 1 aromatic heterocycles. The Hall–Kier alpha value is -5.96. The van der Waals surface area contributed by atoms with E-state index < -0.39 is 0 Å². The maximum absolute atomic E-state index is 2.61. The van der Waals surface area contributed by atoms with E-state index in [-0.39, 0.29) is 5.41 Å². The lowest BCUT2D eigenvalue weighted by atomic mass is 9.82. The Morgan fingerprint density at radius 2 is 1.23 bits per heavy atom. The first-order valence-electron chi connectivity index (χ1n) is 20.7. The molecule has 1 saturated carbocycles. The Morgan fingerprint density at radius 3 is 2.11 bits per heavy atom. The average Bonchev–Trinajstić information content (AvgIpc) is 3.75. The van der Waals surface area contributed by atoms with Crippen LogP contribution in [0.15, 0.2) is 170 Å². The summed E-state index contributed by atoms with van der Waals surface area (Å²) in [6, 6.07) is 64.4. The number of rotatable bonds is 6. The molecule has 0 amide bonds. The third kappa shape index (κ3) is 5.64. The van der Waals surface area contributed by atoms with Crippen LogP contribution in [0, 0.1) is 0 Å². The van der Waals surface area contributed by atoms with Crippen molar-refractivity contribution in [1.82, 2.24) is 0 Å². The van der Waals surface area contributed by atoms with E-state index in [1.54, 1.807) is 0 Å². The third-order valence-electron chi connectivity index (χ3n) is 13.1. The van der Waals surface area contributed by atoms with Crippen molar-refractivity contribution in [1.29, 1.82) is 0 Å². The minimum absolute atomic E-state index is 0.0730. The van der Waals surface area contributed by atoms with E-state index in [0.29, 0.717) is 5.92 Å². The van der Waals surface area contributed by atoms with Gasteiger partial charge in [-0.2, -0.15) is 0 Å². The predicted molar refractivity (Wildman–Crippen MR) is 246 cm³/mol. The largest absolute Gasteiger partial charge is 0.309 e. The van der Waals surface area contributed by atoms with Gasteiger partial charge < -0.3 is 4.90 Å². The van der Waals surface area contributed by atoms with Gasteiger partial charge in [0.2, 0.25) is 0 Å². The zero-order valence-electron chi connectivity index (χ0n) is 32.6. The molecular formula is C55H45NS. The summed E-state index contributed by atoms with van der Waals surface area (Å²) in [5, 5.41) is 5.12. The molecule has 9 aromatic rings. The number of nitrogens with zero attached hydrogens (tertiary/aromatic N) is 1. The van der Waals surface area contributed by atoms with Crippen molar-refractivity contribution in [2.75, 3.05) is 4.90 Å². The van der Waals surface area contributed by atoms with Gasteiger partial charge >= 0.3 is 0 Å². The fourth-order valence-corrected chi connectivity index (χ4v) is 11.3. The van der Waals surface area contributed by atoms with Crippen LogP contribution in [-0.4, -0.2) is 0 Å². The number of anilines is 3. The second-order valence-corrected chi connectivity index (χ2v) is 17.8. The van der Waals surface area contributed by atoms with Crippen LogP contribution >= 0.6 is 11.3 Å². The molecule has 8 aromatic carbocycles. The van der Waals surface area contributed by atoms with Crippen LogP contribution < -0.4 is 4.90 Å². The molecule has 2 heteroatoms. The van der Waals surface area contributed by atoms with E-state index in [1.807, 2.05) is 11.3 Å². The minimum atomic E-state index is -0.0730. The van der Waals surface area contributed by atoms with E-state index in [4.69, 9.17) is 0 Å². The van der Waals surface area contributed by atoms with Gasteiger partial charge in [-0.25, -0.2) is 0 Å². The number of hydrogen-bond donors (Lipinski definition) is 0. The van der Waals surface area contributed by atoms with Crippen LogP contribution in [0.4, 0.5) is 17.1 Å². The van der Waals surface area contributed by atoms with Crippen molar-refractivity contribution in [3.05, 3.63) is 187 Å². The lowest BCUT2D eigenvalue weighted by molar-refractivity contribution is 0.444. The molecule has 0 atom stereocenters. The summed E-state index contributed by atoms with van der Waals surface area (Å²) < 4.78 is 2.65. The van der Waals surface area contributed by atoms with Crippen molar-refractivity contribution in [3.8, 4) is 33.4 Å². The highest BCUT2D eigenvalue weighted by Gasteiger charge is 2.36. The topological polar surface area (TPSA) is 3.24 Å². The Bertz CT molecular complexity index is 2980. The monoisotopic (exact) mass is 751 g/mol. The van der Waals surface area contributed by atoms with Gasteiger partial charge in [-0.3, -0.25) is 0 Å². The Morgan fingerprint density at radius 1 is 0.491 bits per heavy atom. The highest BCUT2D eigenvalue weighted by Crippen LogP contribution is 2.54. The molecule has 0 saturated heterocycles. The van der Waals surface area contributed by atoms with Crippen molar-refractivity contribution >= 4 is 59.3 Å². The van der Waals surface area contributed by atoms with Crippen molar-refractivity contribution in [3.63, 3.8) is 0 Å². The van der Waals surface area contributed by atoms with Crippen LogP contribution in [0.2, 0.25) is 0 Å². The number of thiophene rings is 1. The standard InChI is InChI=1S/C55H45NS/c1-55(2)49-23-13-11-21-44(49)48-35-41(28-31-50(48)55)56(51-32-27-39(36-15-5-3-6-16-36)33-47(51)37-17-7-4-8-18-37)54-42-20-10-9-19-38(42)25-29-43(54)40-26-30-46-45-22-12-14-24-52(45)57-53(46)34-40/h4,7-14,17-36H,3,5-6,15-16H2,1-2H3. The highest BCUT2D eigenvalue weighted by atomic mass is 32.1. The summed E-state index contributed by atoms with van der Waals surface area (Å²) in [5.74, 6) is 0.601. The fourth-order valence-electron chi connectivity index (χ4n) is 10.1. The first kappa shape index (κ1) is 34.3. The zero-order chi connectivity index (χ0) is 38.1. The van der Waals surface area contributed by atoms with Crippen molar-refractivity contribution in [2.24, 2.45) is 0 Å². The summed E-state index contributed by atoms with van der Waals surface area (Å²) >= 11 is 1.89. The molecule has 0 N–H and O–H groups in total. The summed E-state index contributed by atoms with van der Waals surface area (Å²) in [5.41, 5.74) is 15.4. The Balaban J connectivity index is 1.22. The summed E-state index contributed by atoms with van der Waals surface area (Å²) in [6.07, 6.45) is 6.52. The second-order valence-electron chi connectivity index (χ2n) is 16.7. The van der Waals surface area contributed by atoms with E-state index in [9.17, 15) is 0 Å². The molecule has 276 valence electrons. The van der Waals surface area contributed by atoms with Crippen LogP contribution in [0.3, 0.4) is 0 Å². The lowest BCUT2D eigenvalue weighted by Crippen LogP contribution is -2.16. The van der Waals surface area contributed by atoms with Gasteiger partial charge in [0.25, 0.3) is 0 Å². The molecule has 0 bridgehead atoms. The maximum atomic E-state index is 2.61. The molecule has 0 radical (unpaired) electrons. The molecule has 1 fully saturated rings. The fraction of sp³-hybridized carbons (Fsp3) is 0.164. The molecule has 57 heavy (non-hydrogen) atoms. The van der Waals surface area contributed by atoms with Gasteiger partial charge in [0.05, 0.1) is 11.4 Å². The predicted octanol–water partition coefficient (Wildman–Crippen LogP) is 16.4. The van der Waals surface area contributed by atoms with E-state index in [1.165, 1.54) is 130 Å². The van der Waals surface area contributed by atoms with E-state index in [0.717, 1.165) is 0 Å². The quantitative estimate of drug-likeness (QED) is 0.164. The van der Waals surface area contributed by atoms with Crippen LogP contribution in [0.1, 0.15) is 68.6 Å². The molecule has 0 spiro atoms. The van der Waals surface area contributed by atoms with Gasteiger partial charge in [0, 0.05) is 47.8 Å². The summed E-state index contributed by atoms with van der Waals surface area (Å²) in [7, 11) is 0. The molecule has 2 aliphatic carbocycles. The SMILES string of the molecule is CC1(C)c2ccccc2-c2cc(N(c3ccc(C4CCCCC4)cc3-c3ccccc3)c3c(-c4ccc5c(c4)sc4ccccc45)ccc4ccccc34)ccc21. The molecule has 1 heterocycles. The number of hydrogen-bond acceptors (Lipinski definition) is 2. The summed E-state index contributed by atoms with van der Waals surface area (Å²) in [6.45, 7) is 4.75. The molecular weight excluding hydrogens is 707 g/mol. The molecule has 0 unspecified atom stereocenters. The van der Waals surface area contributed by atoms with E-state index in [2.05, 4.69) is 189 Å². The van der Waals surface area contributed by atoms with E-state index >= 15 is 0 Å². The van der Waals surface area contributed by atoms with Gasteiger partial charge in [0.1, 0.15) is 0 Å². The maximum Gasteiger partial charge on any atom is 0.0618 e. The summed E-state index contributed by atoms with van der Waals surface area (Å²) in [4.78, 5) is 2.61. The van der Waals surface area contributed by atoms with Crippen LogP contribution in [0.25, 0.3) is 64.3 Å². The van der Waals surface area contributed by atoms with Gasteiger partial charge in [0.15, 0.2) is 0 Å². The van der Waals surface area contributed by atoms with Crippen LogP contribution in [0.5, 0.6) is 0 Å². The first-order valence-corrected chi connectivity index (χ1v) is 21.5. The highest BCUT2D eigenvalue weighted by molar-refractivity contribution is 7.25. The number of fused-ring (bicyclic) bond motifs is 7. The number of benzene rings is 8. The Labute approximate surface area is 339 Å². The molecule has 2 aliphatic rings. The van der Waals surface area contributed by atoms with Gasteiger partial charge in [-0.05, 0) is 99.5 Å². The lowest BCUT2D eigenvalue weighted by Gasteiger charge is -2.33. The smallest absolute Gasteiger partial charge is 0.0618 e. The molecule has 11 rings (SSSR count). The first-order chi connectivity index (χ1) is 28.0. The van der Waals surface area contributed by atoms with Crippen LogP contribution in [-0.2, 0) is 5.41 Å². The van der Waals surface area contributed by atoms with Gasteiger partial charge in [-0.1, -0.05) is 167 Å². The second kappa shape index (κ2) is 13.6. The zero-order valence-corrected chi connectivity index (χ0v) is 33.5. The van der Waals surface area contributed by atoms with Crippen molar-refractivity contribution < 1.29 is 0 Å². The van der Waals surface area contributed by atoms with Crippen molar-refractivity contribution in [2.45, 2.75) is 57.3 Å². The molecule has 0 aliphatic heterocycles. The normalized spacial score (nSPS) is 14.9. The third-order valence-corrected chi connectivity index (χ3v) is 14.2. The van der Waals surface area contributed by atoms with Gasteiger partial charge in [-0.15, -0.1) is 11.3 Å². The Kier molecular flexibility index (Phi) is 8.19. The average molecular weight is 752 g/mol.